The molecular formula is C11H11F3N2O4. The monoisotopic (exact) mass is 292 g/mol. The number of nitrogens with one attached hydrogen (secondary N) is 2. The molecule has 1 atom stereocenters. The molecule has 0 fully saturated rings. The summed E-state index contributed by atoms with van der Waals surface area (Å²) in [7, 11) is 1.23. The van der Waals surface area contributed by atoms with Crippen molar-refractivity contribution < 1.29 is 32.6 Å². The molecule has 0 radical (unpaired) electrons. The molecule has 0 bridgehead atoms. The third-order valence-corrected chi connectivity index (χ3v) is 2.19. The van der Waals surface area contributed by atoms with Crippen LogP contribution >= 0.6 is 0 Å². The molecule has 0 aliphatic carbocycles. The minimum Gasteiger partial charge on any atom is -0.480 e. The number of urea groups is 1. The van der Waals surface area contributed by atoms with Gasteiger partial charge in [0.25, 0.3) is 0 Å². The summed E-state index contributed by atoms with van der Waals surface area (Å²) < 4.78 is 43.4. The molecule has 1 aromatic carbocycles. The number of carboxylic acid groups (broad SMARTS) is 1. The second-order valence-corrected chi connectivity index (χ2v) is 3.69. The lowest BCUT2D eigenvalue weighted by molar-refractivity contribution is -0.140. The van der Waals surface area contributed by atoms with Gasteiger partial charge in [0.2, 0.25) is 0 Å². The highest BCUT2D eigenvalue weighted by Crippen LogP contribution is 2.18. The van der Waals surface area contributed by atoms with Gasteiger partial charge in [-0.2, -0.15) is 0 Å². The highest BCUT2D eigenvalue weighted by atomic mass is 19.2. The lowest BCUT2D eigenvalue weighted by Crippen LogP contribution is -2.45. The molecule has 0 saturated heterocycles. The van der Waals surface area contributed by atoms with E-state index in [0.717, 1.165) is 0 Å². The summed E-state index contributed by atoms with van der Waals surface area (Å²) in [6.45, 7) is -0.316. The van der Waals surface area contributed by atoms with Gasteiger partial charge in [0.05, 0.1) is 12.3 Å². The summed E-state index contributed by atoms with van der Waals surface area (Å²) >= 11 is 0. The van der Waals surface area contributed by atoms with E-state index in [0.29, 0.717) is 6.07 Å². The van der Waals surface area contributed by atoms with Crippen molar-refractivity contribution in [2.24, 2.45) is 0 Å². The minimum atomic E-state index is -1.41. The Morgan fingerprint density at radius 1 is 1.25 bits per heavy atom. The second-order valence-electron chi connectivity index (χ2n) is 3.69. The number of carboxylic acids is 1. The average Bonchev–Trinajstić information content (AvgIpc) is 2.35. The number of benzene rings is 1. The topological polar surface area (TPSA) is 87.7 Å². The van der Waals surface area contributed by atoms with Crippen molar-refractivity contribution in [3.8, 4) is 0 Å². The maximum Gasteiger partial charge on any atom is 0.328 e. The Morgan fingerprint density at radius 3 is 2.40 bits per heavy atom. The lowest BCUT2D eigenvalue weighted by atomic mass is 10.3. The molecule has 0 aliphatic heterocycles. The van der Waals surface area contributed by atoms with Gasteiger partial charge in [-0.05, 0) is 0 Å². The van der Waals surface area contributed by atoms with E-state index < -0.39 is 41.2 Å². The SMILES string of the molecule is COCC(NC(=O)Nc1cc(F)c(F)cc1F)C(=O)O. The van der Waals surface area contributed by atoms with E-state index in [1.54, 1.807) is 0 Å². The summed E-state index contributed by atoms with van der Waals surface area (Å²) in [6.07, 6.45) is 0. The third kappa shape index (κ3) is 4.12. The van der Waals surface area contributed by atoms with Crippen LogP contribution in [0.1, 0.15) is 0 Å². The van der Waals surface area contributed by atoms with Crippen LogP contribution in [0, 0.1) is 17.5 Å². The Kier molecular flexibility index (Phi) is 5.32. The standard InChI is InChI=1S/C11H11F3N2O4/c1-20-4-9(10(17)18)16-11(19)15-8-3-6(13)5(12)2-7(8)14/h2-3,9H,4H2,1H3,(H,17,18)(H2,15,16,19). The van der Waals surface area contributed by atoms with E-state index in [4.69, 9.17) is 5.11 Å². The van der Waals surface area contributed by atoms with Gasteiger partial charge in [0.1, 0.15) is 5.82 Å². The highest BCUT2D eigenvalue weighted by molar-refractivity contribution is 5.92. The number of methoxy groups -OCH3 is 1. The number of halogens is 3. The smallest absolute Gasteiger partial charge is 0.328 e. The Morgan fingerprint density at radius 2 is 1.85 bits per heavy atom. The summed E-state index contributed by atoms with van der Waals surface area (Å²) in [4.78, 5) is 22.2. The van der Waals surface area contributed by atoms with E-state index >= 15 is 0 Å². The van der Waals surface area contributed by atoms with Crippen LogP contribution in [0.2, 0.25) is 0 Å². The first-order chi connectivity index (χ1) is 9.35. The number of carbonyl (C=O) groups is 2. The number of ether oxygens (including phenoxy) is 1. The van der Waals surface area contributed by atoms with Gasteiger partial charge in [-0.3, -0.25) is 0 Å². The molecule has 110 valence electrons. The molecule has 0 saturated carbocycles. The lowest BCUT2D eigenvalue weighted by Gasteiger charge is -2.14. The quantitative estimate of drug-likeness (QED) is 0.714. The number of amides is 2. The molecule has 9 heteroatoms. The van der Waals surface area contributed by atoms with Crippen molar-refractivity contribution in [2.45, 2.75) is 6.04 Å². The van der Waals surface area contributed by atoms with Gasteiger partial charge in [0.15, 0.2) is 17.7 Å². The van der Waals surface area contributed by atoms with Crippen LogP contribution in [0.4, 0.5) is 23.7 Å². The largest absolute Gasteiger partial charge is 0.480 e. The molecule has 1 rings (SSSR count). The van der Waals surface area contributed by atoms with Gasteiger partial charge in [-0.15, -0.1) is 0 Å². The van der Waals surface area contributed by atoms with Crippen LogP contribution in [0.25, 0.3) is 0 Å². The molecule has 1 unspecified atom stereocenters. The zero-order chi connectivity index (χ0) is 15.3. The van der Waals surface area contributed by atoms with Gasteiger partial charge in [0, 0.05) is 19.2 Å². The first kappa shape index (κ1) is 15.8. The maximum absolute atomic E-state index is 13.2. The third-order valence-electron chi connectivity index (χ3n) is 2.19. The van der Waals surface area contributed by atoms with Crippen molar-refractivity contribution in [2.75, 3.05) is 19.0 Å². The highest BCUT2D eigenvalue weighted by Gasteiger charge is 2.20. The maximum atomic E-state index is 13.2. The van der Waals surface area contributed by atoms with E-state index in [9.17, 15) is 22.8 Å². The van der Waals surface area contributed by atoms with E-state index in [-0.39, 0.29) is 12.7 Å². The van der Waals surface area contributed by atoms with Crippen LogP contribution in [0.15, 0.2) is 12.1 Å². The van der Waals surface area contributed by atoms with Crippen LogP contribution in [0.3, 0.4) is 0 Å². The Bertz CT molecular complexity index is 525. The fourth-order valence-electron chi connectivity index (χ4n) is 1.28. The summed E-state index contributed by atoms with van der Waals surface area (Å²) in [5, 5.41) is 12.6. The van der Waals surface area contributed by atoms with Crippen molar-refractivity contribution in [1.29, 1.82) is 0 Å². The average molecular weight is 292 g/mol. The van der Waals surface area contributed by atoms with E-state index in [1.165, 1.54) is 7.11 Å². The predicted octanol–water partition coefficient (Wildman–Crippen LogP) is 1.32. The summed E-state index contributed by atoms with van der Waals surface area (Å²) in [6, 6.07) is -1.77. The Labute approximate surface area is 111 Å². The first-order valence-corrected chi connectivity index (χ1v) is 5.29. The van der Waals surface area contributed by atoms with Crippen LogP contribution in [-0.2, 0) is 9.53 Å². The number of carbonyl (C=O) groups excluding carboxylic acids is 1. The van der Waals surface area contributed by atoms with Crippen LogP contribution in [-0.4, -0.2) is 36.9 Å². The van der Waals surface area contributed by atoms with Gasteiger partial charge < -0.3 is 20.5 Å². The number of hydrogen-bond acceptors (Lipinski definition) is 3. The van der Waals surface area contributed by atoms with Crippen molar-refractivity contribution in [1.82, 2.24) is 5.32 Å². The summed E-state index contributed by atoms with van der Waals surface area (Å²) in [5.74, 6) is -5.32. The number of hydrogen-bond donors (Lipinski definition) is 3. The summed E-state index contributed by atoms with van der Waals surface area (Å²) in [5.41, 5.74) is -0.622. The minimum absolute atomic E-state index is 0.259. The first-order valence-electron chi connectivity index (χ1n) is 5.29. The molecule has 1 aromatic rings. The zero-order valence-electron chi connectivity index (χ0n) is 10.2. The van der Waals surface area contributed by atoms with Crippen LogP contribution in [0.5, 0.6) is 0 Å². The molecule has 20 heavy (non-hydrogen) atoms. The molecule has 0 aromatic heterocycles. The van der Waals surface area contributed by atoms with Gasteiger partial charge >= 0.3 is 12.0 Å². The number of rotatable bonds is 5. The fourth-order valence-corrected chi connectivity index (χ4v) is 1.28. The normalized spacial score (nSPS) is 11.8. The van der Waals surface area contributed by atoms with Crippen molar-refractivity contribution in [3.63, 3.8) is 0 Å². The van der Waals surface area contributed by atoms with Gasteiger partial charge in [-0.25, -0.2) is 22.8 Å². The predicted molar refractivity (Wildman–Crippen MR) is 61.8 cm³/mol. The Balaban J connectivity index is 2.75. The molecule has 2 amide bonds. The van der Waals surface area contributed by atoms with Crippen molar-refractivity contribution in [3.05, 3.63) is 29.6 Å². The fraction of sp³-hybridized carbons (Fsp3) is 0.273. The molecule has 0 spiro atoms. The molecular weight excluding hydrogens is 281 g/mol. The second kappa shape index (κ2) is 6.75. The van der Waals surface area contributed by atoms with E-state index in [1.807, 2.05) is 10.6 Å². The molecule has 3 N–H and O–H groups in total. The Hall–Kier alpha value is -2.29. The molecule has 6 nitrogen and oxygen atoms in total. The van der Waals surface area contributed by atoms with Gasteiger partial charge in [-0.1, -0.05) is 0 Å². The van der Waals surface area contributed by atoms with Crippen LogP contribution < -0.4 is 10.6 Å². The molecule has 0 aliphatic rings. The number of aliphatic carboxylic acids is 1. The number of anilines is 1. The molecule has 0 heterocycles. The van der Waals surface area contributed by atoms with Crippen molar-refractivity contribution >= 4 is 17.7 Å². The zero-order valence-corrected chi connectivity index (χ0v) is 10.2. The van der Waals surface area contributed by atoms with E-state index in [2.05, 4.69) is 4.74 Å².